The Balaban J connectivity index is 1.98. The molecule has 0 bridgehead atoms. The molecular formula is C25H26N4. The molecule has 0 amide bonds. The fraction of sp³-hybridized carbons (Fsp3) is 0.240. The van der Waals surface area contributed by atoms with Crippen molar-refractivity contribution in [3.8, 4) is 28.5 Å². The highest BCUT2D eigenvalue weighted by atomic mass is 15.1. The van der Waals surface area contributed by atoms with Crippen LogP contribution in [0.5, 0.6) is 0 Å². The molecule has 0 saturated carbocycles. The van der Waals surface area contributed by atoms with Crippen LogP contribution < -0.4 is 0 Å². The van der Waals surface area contributed by atoms with Crippen molar-refractivity contribution >= 4 is 0 Å². The van der Waals surface area contributed by atoms with Gasteiger partial charge in [0.2, 0.25) is 0 Å². The summed E-state index contributed by atoms with van der Waals surface area (Å²) in [6.07, 6.45) is 3.86. The number of benzene rings is 2. The van der Waals surface area contributed by atoms with E-state index in [1.807, 2.05) is 48.8 Å². The molecule has 4 heteroatoms. The Morgan fingerprint density at radius 3 is 1.72 bits per heavy atom. The van der Waals surface area contributed by atoms with Crippen LogP contribution in [0.15, 0.2) is 73.1 Å². The molecule has 0 radical (unpaired) electrons. The molecule has 0 atom stereocenters. The zero-order valence-corrected chi connectivity index (χ0v) is 17.4. The summed E-state index contributed by atoms with van der Waals surface area (Å²) < 4.78 is 2.15. The van der Waals surface area contributed by atoms with Crippen molar-refractivity contribution in [2.45, 2.75) is 39.5 Å². The number of nitrogens with zero attached hydrogens (tertiary/aromatic N) is 4. The average Bonchev–Trinajstić information content (AvgIpc) is 3.23. The van der Waals surface area contributed by atoms with E-state index in [9.17, 15) is 0 Å². The molecule has 4 rings (SSSR count). The van der Waals surface area contributed by atoms with Crippen molar-refractivity contribution in [1.29, 1.82) is 0 Å². The SMILES string of the molecule is CC(C)c1nc(-c2ccccc2)nc(C(C)C)c1-n1ccnc1-c1ccccc1. The first kappa shape index (κ1) is 19.1. The average molecular weight is 383 g/mol. The standard InChI is InChI=1S/C25H26N4/c1-17(2)21-23(29-16-15-26-25(29)20-13-9-6-10-14-20)22(18(3)4)28-24(27-21)19-11-7-5-8-12-19/h5-18H,1-4H3. The summed E-state index contributed by atoms with van der Waals surface area (Å²) in [7, 11) is 0. The highest BCUT2D eigenvalue weighted by Crippen LogP contribution is 2.33. The van der Waals surface area contributed by atoms with Crippen molar-refractivity contribution in [2.24, 2.45) is 0 Å². The molecule has 2 aromatic heterocycles. The lowest BCUT2D eigenvalue weighted by atomic mass is 10.00. The third kappa shape index (κ3) is 3.70. The van der Waals surface area contributed by atoms with E-state index in [2.05, 4.69) is 61.5 Å². The molecule has 0 aliphatic carbocycles. The Kier molecular flexibility index (Phi) is 5.26. The van der Waals surface area contributed by atoms with Crippen LogP contribution in [-0.2, 0) is 0 Å². The van der Waals surface area contributed by atoms with Gasteiger partial charge in [-0.1, -0.05) is 88.4 Å². The van der Waals surface area contributed by atoms with Gasteiger partial charge in [0.1, 0.15) is 5.82 Å². The van der Waals surface area contributed by atoms with E-state index in [4.69, 9.17) is 9.97 Å². The van der Waals surface area contributed by atoms with Crippen molar-refractivity contribution in [2.75, 3.05) is 0 Å². The summed E-state index contributed by atoms with van der Waals surface area (Å²) in [5.41, 5.74) is 5.24. The number of hydrogen-bond donors (Lipinski definition) is 0. The van der Waals surface area contributed by atoms with E-state index in [1.165, 1.54) is 0 Å². The van der Waals surface area contributed by atoms with Gasteiger partial charge in [0.25, 0.3) is 0 Å². The van der Waals surface area contributed by atoms with Crippen molar-refractivity contribution in [3.05, 3.63) is 84.4 Å². The minimum absolute atomic E-state index is 0.249. The molecule has 0 aliphatic heterocycles. The minimum atomic E-state index is 0.249. The molecule has 0 spiro atoms. The van der Waals surface area contributed by atoms with Gasteiger partial charge in [0.05, 0.1) is 17.1 Å². The first-order chi connectivity index (χ1) is 14.1. The maximum absolute atomic E-state index is 5.02. The molecule has 2 heterocycles. The summed E-state index contributed by atoms with van der Waals surface area (Å²) in [5.74, 6) is 2.19. The third-order valence-electron chi connectivity index (χ3n) is 4.98. The van der Waals surface area contributed by atoms with Crippen LogP contribution in [-0.4, -0.2) is 19.5 Å². The molecule has 146 valence electrons. The van der Waals surface area contributed by atoms with Gasteiger partial charge in [-0.05, 0) is 11.8 Å². The van der Waals surface area contributed by atoms with Crippen LogP contribution >= 0.6 is 0 Å². The summed E-state index contributed by atoms with van der Waals surface area (Å²) in [6.45, 7) is 8.74. The number of hydrogen-bond acceptors (Lipinski definition) is 3. The normalized spacial score (nSPS) is 11.4. The second-order valence-corrected chi connectivity index (χ2v) is 7.83. The van der Waals surface area contributed by atoms with Crippen LogP contribution in [0.25, 0.3) is 28.5 Å². The predicted octanol–water partition coefficient (Wildman–Crippen LogP) is 6.24. The Morgan fingerprint density at radius 1 is 0.690 bits per heavy atom. The zero-order chi connectivity index (χ0) is 20.4. The van der Waals surface area contributed by atoms with E-state index in [0.717, 1.165) is 39.9 Å². The summed E-state index contributed by atoms with van der Waals surface area (Å²) >= 11 is 0. The van der Waals surface area contributed by atoms with E-state index in [0.29, 0.717) is 0 Å². The number of imidazole rings is 1. The number of rotatable bonds is 5. The minimum Gasteiger partial charge on any atom is -0.296 e. The fourth-order valence-electron chi connectivity index (χ4n) is 3.54. The monoisotopic (exact) mass is 382 g/mol. The van der Waals surface area contributed by atoms with Gasteiger partial charge in [-0.15, -0.1) is 0 Å². The third-order valence-corrected chi connectivity index (χ3v) is 4.98. The van der Waals surface area contributed by atoms with Crippen LogP contribution in [0, 0.1) is 0 Å². The van der Waals surface area contributed by atoms with Gasteiger partial charge in [0.15, 0.2) is 5.82 Å². The molecule has 4 nitrogen and oxygen atoms in total. The van der Waals surface area contributed by atoms with Gasteiger partial charge in [-0.25, -0.2) is 15.0 Å². The molecular weight excluding hydrogens is 356 g/mol. The molecule has 0 unspecified atom stereocenters. The first-order valence-electron chi connectivity index (χ1n) is 10.1. The van der Waals surface area contributed by atoms with Crippen LogP contribution in [0.2, 0.25) is 0 Å². The summed E-state index contributed by atoms with van der Waals surface area (Å²) in [6, 6.07) is 20.5. The van der Waals surface area contributed by atoms with E-state index >= 15 is 0 Å². The fourth-order valence-corrected chi connectivity index (χ4v) is 3.54. The largest absolute Gasteiger partial charge is 0.296 e. The molecule has 0 fully saturated rings. The van der Waals surface area contributed by atoms with Crippen LogP contribution in [0.3, 0.4) is 0 Å². The predicted molar refractivity (Wildman–Crippen MR) is 118 cm³/mol. The maximum atomic E-state index is 5.02. The Morgan fingerprint density at radius 2 is 1.21 bits per heavy atom. The van der Waals surface area contributed by atoms with Gasteiger partial charge < -0.3 is 0 Å². The summed E-state index contributed by atoms with van der Waals surface area (Å²) in [5, 5.41) is 0. The van der Waals surface area contributed by atoms with Gasteiger partial charge in [-0.3, -0.25) is 4.57 Å². The molecule has 0 aliphatic rings. The highest BCUT2D eigenvalue weighted by Gasteiger charge is 2.23. The quantitative estimate of drug-likeness (QED) is 0.410. The van der Waals surface area contributed by atoms with Crippen molar-refractivity contribution in [1.82, 2.24) is 19.5 Å². The van der Waals surface area contributed by atoms with Gasteiger partial charge in [-0.2, -0.15) is 0 Å². The molecule has 0 N–H and O–H groups in total. The topological polar surface area (TPSA) is 43.6 Å². The lowest BCUT2D eigenvalue weighted by Gasteiger charge is -2.21. The molecule has 4 aromatic rings. The Labute approximate surface area is 172 Å². The number of aromatic nitrogens is 4. The smallest absolute Gasteiger partial charge is 0.159 e. The summed E-state index contributed by atoms with van der Waals surface area (Å²) in [4.78, 5) is 14.7. The molecule has 2 aromatic carbocycles. The van der Waals surface area contributed by atoms with Gasteiger partial charge >= 0.3 is 0 Å². The second-order valence-electron chi connectivity index (χ2n) is 7.83. The second kappa shape index (κ2) is 8.00. The van der Waals surface area contributed by atoms with Crippen molar-refractivity contribution < 1.29 is 0 Å². The zero-order valence-electron chi connectivity index (χ0n) is 17.4. The van der Waals surface area contributed by atoms with Crippen molar-refractivity contribution in [3.63, 3.8) is 0 Å². The van der Waals surface area contributed by atoms with Crippen LogP contribution in [0.4, 0.5) is 0 Å². The lowest BCUT2D eigenvalue weighted by Crippen LogP contribution is -2.13. The van der Waals surface area contributed by atoms with Crippen LogP contribution in [0.1, 0.15) is 50.9 Å². The Bertz CT molecular complexity index is 1070. The van der Waals surface area contributed by atoms with E-state index in [-0.39, 0.29) is 11.8 Å². The molecule has 29 heavy (non-hydrogen) atoms. The Hall–Kier alpha value is -3.27. The first-order valence-corrected chi connectivity index (χ1v) is 10.1. The lowest BCUT2D eigenvalue weighted by molar-refractivity contribution is 0.747. The van der Waals surface area contributed by atoms with E-state index in [1.54, 1.807) is 0 Å². The molecule has 0 saturated heterocycles. The van der Waals surface area contributed by atoms with E-state index < -0.39 is 0 Å². The highest BCUT2D eigenvalue weighted by molar-refractivity contribution is 5.63. The maximum Gasteiger partial charge on any atom is 0.159 e. The van der Waals surface area contributed by atoms with Gasteiger partial charge in [0, 0.05) is 23.5 Å².